The SMILES string of the molecule is CN1CCN(Cc2cccnc2CN)CC1=O. The van der Waals surface area contributed by atoms with Crippen molar-refractivity contribution in [3.63, 3.8) is 0 Å². The topological polar surface area (TPSA) is 62.5 Å². The lowest BCUT2D eigenvalue weighted by atomic mass is 10.1. The first-order valence-corrected chi connectivity index (χ1v) is 5.80. The van der Waals surface area contributed by atoms with Crippen LogP contribution in [0.4, 0.5) is 0 Å². The van der Waals surface area contributed by atoms with E-state index in [1.165, 1.54) is 0 Å². The Labute approximate surface area is 101 Å². The second kappa shape index (κ2) is 5.25. The molecule has 0 aliphatic carbocycles. The van der Waals surface area contributed by atoms with Gasteiger partial charge in [0.25, 0.3) is 0 Å². The van der Waals surface area contributed by atoms with Crippen LogP contribution in [-0.2, 0) is 17.9 Å². The van der Waals surface area contributed by atoms with Crippen molar-refractivity contribution >= 4 is 5.91 Å². The number of pyridine rings is 1. The maximum atomic E-state index is 11.6. The van der Waals surface area contributed by atoms with Gasteiger partial charge in [-0.25, -0.2) is 0 Å². The first-order chi connectivity index (χ1) is 8.20. The highest BCUT2D eigenvalue weighted by atomic mass is 16.2. The van der Waals surface area contributed by atoms with Crippen LogP contribution in [0.25, 0.3) is 0 Å². The minimum absolute atomic E-state index is 0.175. The van der Waals surface area contributed by atoms with Gasteiger partial charge in [0.05, 0.1) is 12.2 Å². The normalized spacial score (nSPS) is 17.5. The average Bonchev–Trinajstić information content (AvgIpc) is 2.34. The fourth-order valence-corrected chi connectivity index (χ4v) is 1.98. The number of rotatable bonds is 3. The number of piperazine rings is 1. The fourth-order valence-electron chi connectivity index (χ4n) is 1.98. The van der Waals surface area contributed by atoms with Crippen LogP contribution >= 0.6 is 0 Å². The Morgan fingerprint density at radius 3 is 3.00 bits per heavy atom. The zero-order valence-electron chi connectivity index (χ0n) is 10.1. The highest BCUT2D eigenvalue weighted by molar-refractivity contribution is 5.78. The van der Waals surface area contributed by atoms with Gasteiger partial charge in [-0.05, 0) is 11.6 Å². The summed E-state index contributed by atoms with van der Waals surface area (Å²) in [7, 11) is 1.84. The van der Waals surface area contributed by atoms with Gasteiger partial charge in [0.1, 0.15) is 0 Å². The third-order valence-electron chi connectivity index (χ3n) is 3.11. The molecule has 1 aliphatic heterocycles. The van der Waals surface area contributed by atoms with Crippen molar-refractivity contribution in [3.05, 3.63) is 29.6 Å². The van der Waals surface area contributed by atoms with E-state index >= 15 is 0 Å². The van der Waals surface area contributed by atoms with Gasteiger partial charge < -0.3 is 10.6 Å². The van der Waals surface area contributed by atoms with E-state index in [2.05, 4.69) is 9.88 Å². The standard InChI is InChI=1S/C12H18N4O/c1-15-5-6-16(9-12(15)17)8-10-3-2-4-14-11(10)7-13/h2-4H,5-9,13H2,1H3. The van der Waals surface area contributed by atoms with Crippen LogP contribution in [0.2, 0.25) is 0 Å². The summed E-state index contributed by atoms with van der Waals surface area (Å²) in [5.41, 5.74) is 7.68. The van der Waals surface area contributed by atoms with Crippen LogP contribution in [0, 0.1) is 0 Å². The van der Waals surface area contributed by atoms with E-state index in [9.17, 15) is 4.79 Å². The molecule has 17 heavy (non-hydrogen) atoms. The molecule has 2 heterocycles. The first kappa shape index (κ1) is 12.0. The van der Waals surface area contributed by atoms with Crippen LogP contribution in [0.3, 0.4) is 0 Å². The number of likely N-dealkylation sites (N-methyl/N-ethyl adjacent to an activating group) is 1. The second-order valence-corrected chi connectivity index (χ2v) is 4.34. The molecule has 5 nitrogen and oxygen atoms in total. The van der Waals surface area contributed by atoms with Gasteiger partial charge in [-0.3, -0.25) is 14.7 Å². The lowest BCUT2D eigenvalue weighted by Gasteiger charge is -2.32. The van der Waals surface area contributed by atoms with Crippen LogP contribution in [0.1, 0.15) is 11.3 Å². The number of aromatic nitrogens is 1. The Morgan fingerprint density at radius 2 is 2.29 bits per heavy atom. The van der Waals surface area contributed by atoms with Crippen molar-refractivity contribution in [2.24, 2.45) is 5.73 Å². The van der Waals surface area contributed by atoms with Crippen LogP contribution in [0.5, 0.6) is 0 Å². The summed E-state index contributed by atoms with van der Waals surface area (Å²) >= 11 is 0. The molecule has 0 aromatic carbocycles. The molecule has 2 N–H and O–H groups in total. The summed E-state index contributed by atoms with van der Waals surface area (Å²) in [6.45, 7) is 3.37. The Kier molecular flexibility index (Phi) is 3.71. The lowest BCUT2D eigenvalue weighted by Crippen LogP contribution is -2.48. The minimum Gasteiger partial charge on any atom is -0.343 e. The van der Waals surface area contributed by atoms with E-state index in [-0.39, 0.29) is 5.91 Å². The van der Waals surface area contributed by atoms with Crippen molar-refractivity contribution in [3.8, 4) is 0 Å². The number of nitrogens with zero attached hydrogens (tertiary/aromatic N) is 3. The quantitative estimate of drug-likeness (QED) is 0.787. The fraction of sp³-hybridized carbons (Fsp3) is 0.500. The Bertz CT molecular complexity index is 407. The smallest absolute Gasteiger partial charge is 0.236 e. The van der Waals surface area contributed by atoms with Crippen LogP contribution in [0.15, 0.2) is 18.3 Å². The molecule has 2 rings (SSSR count). The number of amides is 1. The predicted octanol–water partition coefficient (Wildman–Crippen LogP) is -0.186. The molecular weight excluding hydrogens is 216 g/mol. The Morgan fingerprint density at radius 1 is 1.47 bits per heavy atom. The average molecular weight is 234 g/mol. The highest BCUT2D eigenvalue weighted by Crippen LogP contribution is 2.11. The number of hydrogen-bond donors (Lipinski definition) is 1. The van der Waals surface area contributed by atoms with Crippen molar-refractivity contribution in [1.82, 2.24) is 14.8 Å². The molecule has 1 saturated heterocycles. The summed E-state index contributed by atoms with van der Waals surface area (Å²) in [5.74, 6) is 0.175. The van der Waals surface area contributed by atoms with Crippen molar-refractivity contribution in [2.45, 2.75) is 13.1 Å². The number of carbonyl (C=O) groups excluding carboxylic acids is 1. The second-order valence-electron chi connectivity index (χ2n) is 4.34. The zero-order valence-corrected chi connectivity index (χ0v) is 10.1. The van der Waals surface area contributed by atoms with Crippen LogP contribution < -0.4 is 5.73 Å². The Hall–Kier alpha value is -1.46. The third-order valence-corrected chi connectivity index (χ3v) is 3.11. The number of hydrogen-bond acceptors (Lipinski definition) is 4. The van der Waals surface area contributed by atoms with Crippen LogP contribution in [-0.4, -0.2) is 47.4 Å². The van der Waals surface area contributed by atoms with Gasteiger partial charge in [0.15, 0.2) is 0 Å². The molecule has 1 aromatic rings. The van der Waals surface area contributed by atoms with E-state index < -0.39 is 0 Å². The monoisotopic (exact) mass is 234 g/mol. The van der Waals surface area contributed by atoms with Crippen molar-refractivity contribution in [2.75, 3.05) is 26.7 Å². The molecule has 1 aromatic heterocycles. The molecule has 0 radical (unpaired) electrons. The lowest BCUT2D eigenvalue weighted by molar-refractivity contribution is -0.134. The summed E-state index contributed by atoms with van der Waals surface area (Å²) in [4.78, 5) is 19.7. The maximum absolute atomic E-state index is 11.6. The van der Waals surface area contributed by atoms with E-state index in [1.807, 2.05) is 19.2 Å². The van der Waals surface area contributed by atoms with Crippen molar-refractivity contribution in [1.29, 1.82) is 0 Å². The molecule has 0 bridgehead atoms. The van der Waals surface area contributed by atoms with E-state index in [1.54, 1.807) is 11.1 Å². The van der Waals surface area contributed by atoms with Gasteiger partial charge in [-0.1, -0.05) is 6.07 Å². The van der Waals surface area contributed by atoms with Gasteiger partial charge in [0.2, 0.25) is 5.91 Å². The predicted molar refractivity (Wildman–Crippen MR) is 65.0 cm³/mol. The Balaban J connectivity index is 2.03. The molecule has 0 atom stereocenters. The molecule has 0 spiro atoms. The summed E-state index contributed by atoms with van der Waals surface area (Å²) in [6, 6.07) is 3.93. The van der Waals surface area contributed by atoms with Gasteiger partial charge in [-0.15, -0.1) is 0 Å². The molecule has 0 unspecified atom stereocenters. The zero-order chi connectivity index (χ0) is 12.3. The molecule has 0 saturated carbocycles. The van der Waals surface area contributed by atoms with E-state index in [0.717, 1.165) is 30.9 Å². The molecule has 5 heteroatoms. The van der Waals surface area contributed by atoms with E-state index in [4.69, 9.17) is 5.73 Å². The van der Waals surface area contributed by atoms with Gasteiger partial charge in [-0.2, -0.15) is 0 Å². The van der Waals surface area contributed by atoms with E-state index in [0.29, 0.717) is 13.1 Å². The number of carbonyl (C=O) groups is 1. The van der Waals surface area contributed by atoms with Crippen molar-refractivity contribution < 1.29 is 4.79 Å². The highest BCUT2D eigenvalue weighted by Gasteiger charge is 2.21. The molecule has 1 aliphatic rings. The summed E-state index contributed by atoms with van der Waals surface area (Å²) < 4.78 is 0. The molecule has 1 amide bonds. The first-order valence-electron chi connectivity index (χ1n) is 5.80. The van der Waals surface area contributed by atoms with Gasteiger partial charge in [0, 0.05) is 39.4 Å². The summed E-state index contributed by atoms with van der Waals surface area (Å²) in [5, 5.41) is 0. The molecule has 92 valence electrons. The maximum Gasteiger partial charge on any atom is 0.236 e. The summed E-state index contributed by atoms with van der Waals surface area (Å²) in [6.07, 6.45) is 1.75. The largest absolute Gasteiger partial charge is 0.343 e. The third kappa shape index (κ3) is 2.81. The number of nitrogens with two attached hydrogens (primary N) is 1. The van der Waals surface area contributed by atoms with Gasteiger partial charge >= 0.3 is 0 Å². The molecular formula is C12H18N4O. The minimum atomic E-state index is 0.175. The molecule has 1 fully saturated rings.